The van der Waals surface area contributed by atoms with Crippen LogP contribution >= 0.6 is 0 Å². The smallest absolute Gasteiger partial charge is 0.354 e. The van der Waals surface area contributed by atoms with Gasteiger partial charge in [-0.15, -0.1) is 0 Å². The summed E-state index contributed by atoms with van der Waals surface area (Å²) in [6, 6.07) is 13.6. The lowest BCUT2D eigenvalue weighted by atomic mass is 10.0. The predicted molar refractivity (Wildman–Crippen MR) is 148 cm³/mol. The lowest BCUT2D eigenvalue weighted by Gasteiger charge is -2.27. The number of hydrogen-bond acceptors (Lipinski definition) is 6. The minimum absolute atomic E-state index is 0.0385. The van der Waals surface area contributed by atoms with Crippen LogP contribution in [-0.4, -0.2) is 43.3 Å². The fourth-order valence-corrected chi connectivity index (χ4v) is 4.74. The number of carboxylic acids is 1. The number of benzene rings is 2. The Morgan fingerprint density at radius 1 is 1.02 bits per heavy atom. The third kappa shape index (κ3) is 5.75. The van der Waals surface area contributed by atoms with Gasteiger partial charge >= 0.3 is 5.97 Å². The molecule has 43 heavy (non-hydrogen) atoms. The predicted octanol–water partition coefficient (Wildman–Crippen LogP) is 6.12. The molecular weight excluding hydrogens is 563 g/mol. The molecule has 0 saturated carbocycles. The molecule has 0 spiro atoms. The van der Waals surface area contributed by atoms with Crippen molar-refractivity contribution in [1.82, 2.24) is 19.5 Å². The van der Waals surface area contributed by atoms with Crippen LogP contribution in [0.1, 0.15) is 33.9 Å². The zero-order valence-electron chi connectivity index (χ0n) is 22.4. The molecule has 9 nitrogen and oxygen atoms in total. The third-order valence-electron chi connectivity index (χ3n) is 7.10. The summed E-state index contributed by atoms with van der Waals surface area (Å²) >= 11 is 0. The lowest BCUT2D eigenvalue weighted by molar-refractivity contribution is -0.0590. The minimum atomic E-state index is -1.19. The highest BCUT2D eigenvalue weighted by Gasteiger charge is 2.24. The molecule has 0 bridgehead atoms. The molecule has 6 rings (SSSR count). The molecule has 12 heteroatoms. The van der Waals surface area contributed by atoms with Gasteiger partial charge < -0.3 is 19.1 Å². The van der Waals surface area contributed by atoms with Gasteiger partial charge in [0.15, 0.2) is 17.0 Å². The summed E-state index contributed by atoms with van der Waals surface area (Å²) in [5.41, 5.74) is 1.04. The van der Waals surface area contributed by atoms with Crippen molar-refractivity contribution in [3.63, 3.8) is 0 Å². The monoisotopic (exact) mass is 585 g/mol. The topological polar surface area (TPSA) is 104 Å². The molecule has 1 N–H and O–H groups in total. The maximum Gasteiger partial charge on any atom is 0.354 e. The van der Waals surface area contributed by atoms with Gasteiger partial charge in [0.2, 0.25) is 5.88 Å². The minimum Gasteiger partial charge on any atom is -0.477 e. The van der Waals surface area contributed by atoms with Crippen molar-refractivity contribution in [2.75, 3.05) is 6.61 Å². The first-order valence-electron chi connectivity index (χ1n) is 13.2. The molecular formula is C31H22F3N5O4. The van der Waals surface area contributed by atoms with Crippen LogP contribution < -0.4 is 4.74 Å². The summed E-state index contributed by atoms with van der Waals surface area (Å²) in [6.45, 7) is 7.74. The number of aromatic nitrogens is 4. The number of ether oxygens (including phenoxy) is 2. The third-order valence-corrected chi connectivity index (χ3v) is 7.10. The van der Waals surface area contributed by atoms with E-state index in [2.05, 4.69) is 19.8 Å². The maximum atomic E-state index is 15.4. The van der Waals surface area contributed by atoms with Crippen molar-refractivity contribution < 1.29 is 32.5 Å². The molecule has 0 radical (unpaired) electrons. The zero-order valence-corrected chi connectivity index (χ0v) is 22.4. The number of imidazole rings is 1. The molecule has 2 aromatic carbocycles. The first-order chi connectivity index (χ1) is 20.8. The second kappa shape index (κ2) is 11.5. The van der Waals surface area contributed by atoms with E-state index < -0.39 is 23.4 Å². The number of carboxylic acid groups (broad SMARTS) is 1. The van der Waals surface area contributed by atoms with Gasteiger partial charge in [0, 0.05) is 30.2 Å². The van der Waals surface area contributed by atoms with Crippen molar-refractivity contribution in [3.8, 4) is 17.1 Å². The number of pyridine rings is 2. The summed E-state index contributed by atoms with van der Waals surface area (Å²) in [5, 5.41) is 9.39. The Hall–Kier alpha value is -5.28. The normalized spacial score (nSPS) is 14.3. The van der Waals surface area contributed by atoms with Gasteiger partial charge in [-0.05, 0) is 48.4 Å². The number of fused-ring (bicyclic) bond motifs is 1. The van der Waals surface area contributed by atoms with Gasteiger partial charge in [-0.25, -0.2) is 37.8 Å². The van der Waals surface area contributed by atoms with E-state index in [0.717, 1.165) is 24.6 Å². The van der Waals surface area contributed by atoms with E-state index in [1.54, 1.807) is 10.6 Å². The molecule has 5 aromatic rings. The van der Waals surface area contributed by atoms with Gasteiger partial charge in [-0.1, -0.05) is 18.2 Å². The molecule has 0 unspecified atom stereocenters. The largest absolute Gasteiger partial charge is 0.477 e. The highest BCUT2D eigenvalue weighted by Crippen LogP contribution is 2.29. The van der Waals surface area contributed by atoms with Gasteiger partial charge in [-0.2, -0.15) is 0 Å². The Morgan fingerprint density at radius 3 is 2.56 bits per heavy atom. The summed E-state index contributed by atoms with van der Waals surface area (Å²) in [5.74, 6) is -2.74. The standard InChI is InChI=1S/C31H22F3N5O4/c1-35-19-6-5-17(22(32)13-19)16-43-29-4-2-3-25(37-29)21-14-23(33)18(11-24(21)34)12-28-36-26-7-8-27(31(40)41)38-30(26)39(28)15-20-9-10-42-20/h2-8,11,13-14,20H,9-10,12,15-16H2,(H,40,41)/t20-/m0/s1. The maximum absolute atomic E-state index is 15.4. The Balaban J connectivity index is 1.26. The van der Waals surface area contributed by atoms with Gasteiger partial charge in [0.05, 0.1) is 24.9 Å². The van der Waals surface area contributed by atoms with Crippen molar-refractivity contribution in [1.29, 1.82) is 0 Å². The zero-order chi connectivity index (χ0) is 30.1. The quantitative estimate of drug-likeness (QED) is 0.208. The van der Waals surface area contributed by atoms with Crippen LogP contribution in [0.2, 0.25) is 0 Å². The average molecular weight is 586 g/mol. The van der Waals surface area contributed by atoms with Crippen LogP contribution in [0.4, 0.5) is 18.9 Å². The van der Waals surface area contributed by atoms with E-state index in [0.29, 0.717) is 30.1 Å². The van der Waals surface area contributed by atoms with Crippen LogP contribution in [0.25, 0.3) is 27.3 Å². The summed E-state index contributed by atoms with van der Waals surface area (Å²) in [6.07, 6.45) is 0.600. The Labute approximate surface area is 243 Å². The van der Waals surface area contributed by atoms with Crippen LogP contribution in [0.15, 0.2) is 60.7 Å². The summed E-state index contributed by atoms with van der Waals surface area (Å²) < 4.78 is 57.9. The summed E-state index contributed by atoms with van der Waals surface area (Å²) in [4.78, 5) is 27.7. The summed E-state index contributed by atoms with van der Waals surface area (Å²) in [7, 11) is 0. The SMILES string of the molecule is [C-]#[N+]c1ccc(COc2cccc(-c3cc(F)c(Cc4nc5ccc(C(=O)O)nc5n4C[C@@H]4CCO4)cc3F)n2)c(F)c1. The van der Waals surface area contributed by atoms with E-state index in [-0.39, 0.29) is 58.8 Å². The highest BCUT2D eigenvalue weighted by molar-refractivity contribution is 5.88. The molecule has 0 aliphatic carbocycles. The number of halogens is 3. The van der Waals surface area contributed by atoms with Crippen LogP contribution in [0.3, 0.4) is 0 Å². The number of nitrogens with zero attached hydrogens (tertiary/aromatic N) is 5. The van der Waals surface area contributed by atoms with E-state index in [1.165, 1.54) is 36.4 Å². The van der Waals surface area contributed by atoms with Crippen LogP contribution in [0, 0.1) is 24.0 Å². The van der Waals surface area contributed by atoms with Gasteiger partial charge in [0.25, 0.3) is 0 Å². The second-order valence-electron chi connectivity index (χ2n) is 9.90. The fraction of sp³-hybridized carbons (Fsp3) is 0.194. The molecule has 1 saturated heterocycles. The Morgan fingerprint density at radius 2 is 1.84 bits per heavy atom. The molecule has 1 aliphatic heterocycles. The van der Waals surface area contributed by atoms with E-state index >= 15 is 8.78 Å². The second-order valence-corrected chi connectivity index (χ2v) is 9.90. The first kappa shape index (κ1) is 27.9. The van der Waals surface area contributed by atoms with Crippen molar-refractivity contribution >= 4 is 22.8 Å². The fourth-order valence-electron chi connectivity index (χ4n) is 4.74. The van der Waals surface area contributed by atoms with Gasteiger partial charge in [0.1, 0.15) is 35.4 Å². The number of rotatable bonds is 9. The Kier molecular flexibility index (Phi) is 7.48. The molecule has 216 valence electrons. The molecule has 3 aromatic heterocycles. The average Bonchev–Trinajstić information content (AvgIpc) is 3.31. The highest BCUT2D eigenvalue weighted by atomic mass is 19.1. The molecule has 1 aliphatic rings. The molecule has 1 fully saturated rings. The number of aromatic carboxylic acids is 1. The number of carbonyl (C=O) groups is 1. The lowest BCUT2D eigenvalue weighted by Crippen LogP contribution is -2.32. The molecule has 0 amide bonds. The van der Waals surface area contributed by atoms with E-state index in [9.17, 15) is 14.3 Å². The number of hydrogen-bond donors (Lipinski definition) is 1. The first-order valence-corrected chi connectivity index (χ1v) is 13.2. The van der Waals surface area contributed by atoms with Crippen LogP contribution in [-0.2, 0) is 24.3 Å². The van der Waals surface area contributed by atoms with Crippen molar-refractivity contribution in [3.05, 3.63) is 112 Å². The van der Waals surface area contributed by atoms with Crippen molar-refractivity contribution in [2.24, 2.45) is 0 Å². The molecule has 4 heterocycles. The van der Waals surface area contributed by atoms with Crippen molar-refractivity contribution in [2.45, 2.75) is 32.1 Å². The van der Waals surface area contributed by atoms with E-state index in [4.69, 9.17) is 16.0 Å². The van der Waals surface area contributed by atoms with Crippen LogP contribution in [0.5, 0.6) is 5.88 Å². The Bertz CT molecular complexity index is 1920. The van der Waals surface area contributed by atoms with Gasteiger partial charge in [-0.3, -0.25) is 0 Å². The molecule has 1 atom stereocenters. The van der Waals surface area contributed by atoms with E-state index in [1.807, 2.05) is 0 Å².